The average Bonchev–Trinajstić information content (AvgIpc) is 3.33. The van der Waals surface area contributed by atoms with Gasteiger partial charge in [0.1, 0.15) is 0 Å². The van der Waals surface area contributed by atoms with E-state index in [2.05, 4.69) is 6.92 Å². The third-order valence-corrected chi connectivity index (χ3v) is 8.34. The molecule has 0 spiro atoms. The molecule has 25 heavy (non-hydrogen) atoms. The summed E-state index contributed by atoms with van der Waals surface area (Å²) in [6.07, 6.45) is 6.60. The molecule has 2 saturated carbocycles. The van der Waals surface area contributed by atoms with Crippen LogP contribution in [0.4, 0.5) is 0 Å². The summed E-state index contributed by atoms with van der Waals surface area (Å²) in [7, 11) is -3.48. The lowest BCUT2D eigenvalue weighted by atomic mass is 9.76. The predicted octanol–water partition coefficient (Wildman–Crippen LogP) is 3.51. The smallest absolute Gasteiger partial charge is 0.243 e. The maximum atomic E-state index is 13.2. The minimum atomic E-state index is -3.48. The number of rotatable bonds is 4. The van der Waals surface area contributed by atoms with Crippen LogP contribution in [0.1, 0.15) is 63.4 Å². The zero-order valence-electron chi connectivity index (χ0n) is 15.0. The maximum absolute atomic E-state index is 13.2. The van der Waals surface area contributed by atoms with Gasteiger partial charge in [-0.1, -0.05) is 19.1 Å². The lowest BCUT2D eigenvalue weighted by Crippen LogP contribution is -2.46. The summed E-state index contributed by atoms with van der Waals surface area (Å²) in [5.41, 5.74) is 1.26. The number of benzene rings is 1. The molecule has 4 nitrogen and oxygen atoms in total. The predicted molar refractivity (Wildman–Crippen MR) is 97.8 cm³/mol. The number of aliphatic hydroxyl groups excluding tert-OH is 1. The van der Waals surface area contributed by atoms with Gasteiger partial charge in [-0.15, -0.1) is 0 Å². The summed E-state index contributed by atoms with van der Waals surface area (Å²) in [4.78, 5) is 0.405. The molecule has 1 aliphatic heterocycles. The van der Waals surface area contributed by atoms with Crippen LogP contribution in [0.5, 0.6) is 0 Å². The van der Waals surface area contributed by atoms with E-state index in [0.29, 0.717) is 23.3 Å². The van der Waals surface area contributed by atoms with Crippen molar-refractivity contribution in [2.75, 3.05) is 6.54 Å². The Morgan fingerprint density at radius 2 is 1.76 bits per heavy atom. The van der Waals surface area contributed by atoms with E-state index in [1.807, 2.05) is 12.1 Å². The number of hydrogen-bond donors (Lipinski definition) is 1. The molecular formula is C20H29NO3S. The van der Waals surface area contributed by atoms with Crippen LogP contribution in [0.2, 0.25) is 0 Å². The minimum absolute atomic E-state index is 0.0501. The first kappa shape index (κ1) is 17.5. The fourth-order valence-electron chi connectivity index (χ4n) is 4.78. The second-order valence-corrected chi connectivity index (χ2v) is 10.2. The highest BCUT2D eigenvalue weighted by Gasteiger charge is 2.43. The second-order valence-electron chi connectivity index (χ2n) is 8.32. The van der Waals surface area contributed by atoms with Crippen LogP contribution in [0, 0.1) is 11.8 Å². The molecule has 1 N–H and O–H groups in total. The SMILES string of the molecule is CC1CCC(O)C(C2CCCN2S(=O)(=O)c2ccc(C3CC3)cc2)C1. The summed E-state index contributed by atoms with van der Waals surface area (Å²) < 4.78 is 28.1. The highest BCUT2D eigenvalue weighted by Crippen LogP contribution is 2.41. The Balaban J connectivity index is 1.57. The molecule has 3 fully saturated rings. The molecular weight excluding hydrogens is 334 g/mol. The second kappa shape index (κ2) is 6.67. The van der Waals surface area contributed by atoms with Crippen molar-refractivity contribution >= 4 is 10.0 Å². The largest absolute Gasteiger partial charge is 0.393 e. The van der Waals surface area contributed by atoms with Crippen LogP contribution >= 0.6 is 0 Å². The molecule has 4 atom stereocenters. The fraction of sp³-hybridized carbons (Fsp3) is 0.700. The van der Waals surface area contributed by atoms with Crippen LogP contribution in [-0.4, -0.2) is 36.5 Å². The van der Waals surface area contributed by atoms with E-state index >= 15 is 0 Å². The zero-order chi connectivity index (χ0) is 17.6. The molecule has 4 unspecified atom stereocenters. The summed E-state index contributed by atoms with van der Waals surface area (Å²) in [5, 5.41) is 10.5. The third kappa shape index (κ3) is 3.38. The minimum Gasteiger partial charge on any atom is -0.393 e. The highest BCUT2D eigenvalue weighted by atomic mass is 32.2. The van der Waals surface area contributed by atoms with Gasteiger partial charge in [-0.3, -0.25) is 0 Å². The van der Waals surface area contributed by atoms with Crippen LogP contribution < -0.4 is 0 Å². The van der Waals surface area contributed by atoms with E-state index < -0.39 is 10.0 Å². The molecule has 4 rings (SSSR count). The van der Waals surface area contributed by atoms with Gasteiger partial charge < -0.3 is 5.11 Å². The van der Waals surface area contributed by atoms with Crippen molar-refractivity contribution in [1.82, 2.24) is 4.31 Å². The Labute approximate surface area is 151 Å². The lowest BCUT2D eigenvalue weighted by molar-refractivity contribution is 0.0222. The molecule has 0 aromatic heterocycles. The van der Waals surface area contributed by atoms with E-state index in [1.54, 1.807) is 16.4 Å². The van der Waals surface area contributed by atoms with Gasteiger partial charge >= 0.3 is 0 Å². The molecule has 2 aliphatic carbocycles. The van der Waals surface area contributed by atoms with E-state index in [-0.39, 0.29) is 18.1 Å². The Hall–Kier alpha value is -0.910. The van der Waals surface area contributed by atoms with Gasteiger partial charge in [-0.05, 0) is 74.5 Å². The van der Waals surface area contributed by atoms with Crippen molar-refractivity contribution in [3.63, 3.8) is 0 Å². The quantitative estimate of drug-likeness (QED) is 0.890. The molecule has 1 aromatic carbocycles. The standard InChI is InChI=1S/C20H29NO3S/c1-14-4-11-20(22)18(13-14)19-3-2-12-21(19)25(23,24)17-9-7-16(8-10-17)15-5-6-15/h7-10,14-15,18-20,22H,2-6,11-13H2,1H3. The van der Waals surface area contributed by atoms with Gasteiger partial charge in [0, 0.05) is 18.5 Å². The van der Waals surface area contributed by atoms with E-state index in [9.17, 15) is 13.5 Å². The fourth-order valence-corrected chi connectivity index (χ4v) is 6.52. The van der Waals surface area contributed by atoms with Crippen molar-refractivity contribution in [3.05, 3.63) is 29.8 Å². The van der Waals surface area contributed by atoms with Crippen LogP contribution in [0.15, 0.2) is 29.2 Å². The third-order valence-electron chi connectivity index (χ3n) is 6.40. The number of hydrogen-bond acceptors (Lipinski definition) is 3. The molecule has 138 valence electrons. The molecule has 0 bridgehead atoms. The average molecular weight is 364 g/mol. The van der Waals surface area contributed by atoms with Crippen LogP contribution in [0.25, 0.3) is 0 Å². The summed E-state index contributed by atoms with van der Waals surface area (Å²) in [5.74, 6) is 1.28. The molecule has 3 aliphatic rings. The molecule has 0 amide bonds. The Morgan fingerprint density at radius 1 is 1.04 bits per heavy atom. The van der Waals surface area contributed by atoms with Crippen molar-refractivity contribution in [2.24, 2.45) is 11.8 Å². The Bertz CT molecular complexity index is 711. The van der Waals surface area contributed by atoms with Crippen LogP contribution in [0.3, 0.4) is 0 Å². The maximum Gasteiger partial charge on any atom is 0.243 e. The monoisotopic (exact) mass is 363 g/mol. The van der Waals surface area contributed by atoms with E-state index in [1.165, 1.54) is 18.4 Å². The lowest BCUT2D eigenvalue weighted by Gasteiger charge is -2.38. The Morgan fingerprint density at radius 3 is 2.44 bits per heavy atom. The molecule has 1 aromatic rings. The van der Waals surface area contributed by atoms with E-state index in [4.69, 9.17) is 0 Å². The summed E-state index contributed by atoms with van der Waals surface area (Å²) in [6, 6.07) is 7.46. The van der Waals surface area contributed by atoms with Gasteiger partial charge in [0.15, 0.2) is 0 Å². The van der Waals surface area contributed by atoms with Crippen LogP contribution in [-0.2, 0) is 10.0 Å². The van der Waals surface area contributed by atoms with Crippen molar-refractivity contribution in [1.29, 1.82) is 0 Å². The molecule has 5 heteroatoms. The Kier molecular flexibility index (Phi) is 4.67. The van der Waals surface area contributed by atoms with Gasteiger partial charge in [0.2, 0.25) is 10.0 Å². The van der Waals surface area contributed by atoms with Crippen molar-refractivity contribution < 1.29 is 13.5 Å². The van der Waals surface area contributed by atoms with Gasteiger partial charge in [-0.25, -0.2) is 8.42 Å². The van der Waals surface area contributed by atoms with Gasteiger partial charge in [0.25, 0.3) is 0 Å². The number of aliphatic hydroxyl groups is 1. The van der Waals surface area contributed by atoms with Gasteiger partial charge in [0.05, 0.1) is 11.0 Å². The topological polar surface area (TPSA) is 57.6 Å². The molecule has 1 saturated heterocycles. The first-order valence-electron chi connectivity index (χ1n) is 9.76. The molecule has 0 radical (unpaired) electrons. The van der Waals surface area contributed by atoms with E-state index in [0.717, 1.165) is 32.1 Å². The summed E-state index contributed by atoms with van der Waals surface area (Å²) in [6.45, 7) is 2.79. The van der Waals surface area contributed by atoms with Crippen molar-refractivity contribution in [3.8, 4) is 0 Å². The van der Waals surface area contributed by atoms with Gasteiger partial charge in [-0.2, -0.15) is 4.31 Å². The number of sulfonamides is 1. The number of nitrogens with zero attached hydrogens (tertiary/aromatic N) is 1. The summed E-state index contributed by atoms with van der Waals surface area (Å²) >= 11 is 0. The first-order valence-corrected chi connectivity index (χ1v) is 11.2. The highest BCUT2D eigenvalue weighted by molar-refractivity contribution is 7.89. The normalized spacial score (nSPS) is 34.3. The molecule has 1 heterocycles. The zero-order valence-corrected chi connectivity index (χ0v) is 15.8. The van der Waals surface area contributed by atoms with Crippen molar-refractivity contribution in [2.45, 2.75) is 74.8 Å². The first-order chi connectivity index (χ1) is 12.0.